The van der Waals surface area contributed by atoms with E-state index < -0.39 is 35.9 Å². The van der Waals surface area contributed by atoms with Crippen LogP contribution in [0, 0.1) is 5.92 Å². The zero-order valence-electron chi connectivity index (χ0n) is 16.1. The predicted octanol–water partition coefficient (Wildman–Crippen LogP) is 0.608. The molecule has 1 aromatic carbocycles. The van der Waals surface area contributed by atoms with Gasteiger partial charge in [0.1, 0.15) is 18.1 Å². The summed E-state index contributed by atoms with van der Waals surface area (Å²) in [5.74, 6) is -2.21. The molecule has 3 atom stereocenters. The van der Waals surface area contributed by atoms with Gasteiger partial charge in [0.25, 0.3) is 0 Å². The Morgan fingerprint density at radius 3 is 2.36 bits per heavy atom. The maximum atomic E-state index is 12.7. The lowest BCUT2D eigenvalue weighted by atomic mass is 10.0. The Morgan fingerprint density at radius 2 is 1.82 bits per heavy atom. The maximum absolute atomic E-state index is 12.7. The fourth-order valence-electron chi connectivity index (χ4n) is 3.11. The van der Waals surface area contributed by atoms with Crippen LogP contribution in [-0.2, 0) is 25.6 Å². The third-order valence-electron chi connectivity index (χ3n) is 4.55. The van der Waals surface area contributed by atoms with Gasteiger partial charge in [-0.1, -0.05) is 44.2 Å². The second kappa shape index (κ2) is 9.87. The van der Waals surface area contributed by atoms with E-state index in [1.165, 1.54) is 0 Å². The van der Waals surface area contributed by atoms with Crippen LogP contribution in [0.25, 0.3) is 0 Å². The third kappa shape index (κ3) is 6.37. The van der Waals surface area contributed by atoms with Gasteiger partial charge in [0, 0.05) is 12.8 Å². The van der Waals surface area contributed by atoms with Gasteiger partial charge in [-0.25, -0.2) is 4.79 Å². The molecular formula is C20H27N3O5. The molecule has 0 radical (unpaired) electrons. The molecule has 152 valence electrons. The molecule has 0 saturated carbocycles. The van der Waals surface area contributed by atoms with Crippen molar-refractivity contribution in [3.8, 4) is 0 Å². The van der Waals surface area contributed by atoms with Crippen molar-refractivity contribution < 1.29 is 24.3 Å². The molecule has 8 nitrogen and oxygen atoms in total. The number of amides is 3. The van der Waals surface area contributed by atoms with Crippen molar-refractivity contribution in [3.05, 3.63) is 35.9 Å². The first kappa shape index (κ1) is 21.4. The largest absolute Gasteiger partial charge is 0.480 e. The van der Waals surface area contributed by atoms with Crippen molar-refractivity contribution in [2.24, 2.45) is 5.92 Å². The van der Waals surface area contributed by atoms with Gasteiger partial charge in [-0.3, -0.25) is 14.4 Å². The van der Waals surface area contributed by atoms with Crippen molar-refractivity contribution in [1.82, 2.24) is 16.0 Å². The standard InChI is InChI=1S/C20H27N3O5/c1-12(2)10-15(22-18(25)14-8-9-17(24)21-14)19(26)23-16(20(27)28)11-13-6-4-3-5-7-13/h3-7,12,14-16H,8-11H2,1-2H3,(H,21,24)(H,22,25)(H,23,26)(H,27,28). The van der Waals surface area contributed by atoms with Gasteiger partial charge in [-0.05, 0) is 24.3 Å². The first-order chi connectivity index (χ1) is 13.3. The molecule has 1 heterocycles. The van der Waals surface area contributed by atoms with Crippen LogP contribution in [0.15, 0.2) is 30.3 Å². The van der Waals surface area contributed by atoms with E-state index in [0.29, 0.717) is 12.8 Å². The highest BCUT2D eigenvalue weighted by Crippen LogP contribution is 2.11. The molecule has 3 unspecified atom stereocenters. The molecule has 3 amide bonds. The Bertz CT molecular complexity index is 720. The molecule has 8 heteroatoms. The van der Waals surface area contributed by atoms with E-state index >= 15 is 0 Å². The second-order valence-corrected chi connectivity index (χ2v) is 7.44. The lowest BCUT2D eigenvalue weighted by Gasteiger charge is -2.24. The van der Waals surface area contributed by atoms with Crippen molar-refractivity contribution >= 4 is 23.7 Å². The van der Waals surface area contributed by atoms with Crippen LogP contribution >= 0.6 is 0 Å². The average Bonchev–Trinajstić information content (AvgIpc) is 3.07. The Morgan fingerprint density at radius 1 is 1.14 bits per heavy atom. The zero-order valence-corrected chi connectivity index (χ0v) is 16.1. The van der Waals surface area contributed by atoms with E-state index in [-0.39, 0.29) is 24.7 Å². The minimum Gasteiger partial charge on any atom is -0.480 e. The summed E-state index contributed by atoms with van der Waals surface area (Å²) in [7, 11) is 0. The topological polar surface area (TPSA) is 125 Å². The van der Waals surface area contributed by atoms with Gasteiger partial charge in [-0.2, -0.15) is 0 Å². The Labute approximate surface area is 164 Å². The van der Waals surface area contributed by atoms with Gasteiger partial charge in [0.2, 0.25) is 17.7 Å². The molecule has 0 spiro atoms. The Hall–Kier alpha value is -2.90. The van der Waals surface area contributed by atoms with Crippen LogP contribution in [0.5, 0.6) is 0 Å². The molecule has 0 aliphatic carbocycles. The van der Waals surface area contributed by atoms with E-state index in [1.807, 2.05) is 19.9 Å². The molecule has 1 saturated heterocycles. The number of carbonyl (C=O) groups is 4. The van der Waals surface area contributed by atoms with Crippen molar-refractivity contribution in [2.45, 2.75) is 57.7 Å². The highest BCUT2D eigenvalue weighted by atomic mass is 16.4. The molecule has 0 bridgehead atoms. The smallest absolute Gasteiger partial charge is 0.326 e. The average molecular weight is 389 g/mol. The van der Waals surface area contributed by atoms with E-state index in [1.54, 1.807) is 24.3 Å². The maximum Gasteiger partial charge on any atom is 0.326 e. The highest BCUT2D eigenvalue weighted by molar-refractivity contribution is 5.94. The minimum absolute atomic E-state index is 0.103. The van der Waals surface area contributed by atoms with Gasteiger partial charge < -0.3 is 21.1 Å². The monoisotopic (exact) mass is 389 g/mol. The summed E-state index contributed by atoms with van der Waals surface area (Å²) in [6, 6.07) is 6.37. The number of rotatable bonds is 9. The van der Waals surface area contributed by atoms with Crippen LogP contribution in [0.2, 0.25) is 0 Å². The number of carboxylic acids is 1. The van der Waals surface area contributed by atoms with Crippen LogP contribution < -0.4 is 16.0 Å². The summed E-state index contributed by atoms with van der Waals surface area (Å²) < 4.78 is 0. The van der Waals surface area contributed by atoms with Crippen LogP contribution in [0.3, 0.4) is 0 Å². The summed E-state index contributed by atoms with van der Waals surface area (Å²) in [4.78, 5) is 48.0. The number of nitrogens with one attached hydrogen (secondary N) is 3. The van der Waals surface area contributed by atoms with E-state index in [4.69, 9.17) is 0 Å². The number of carbonyl (C=O) groups excluding carboxylic acids is 3. The normalized spacial score (nSPS) is 18.2. The van der Waals surface area contributed by atoms with Crippen molar-refractivity contribution in [3.63, 3.8) is 0 Å². The summed E-state index contributed by atoms with van der Waals surface area (Å²) in [6.45, 7) is 3.81. The quantitative estimate of drug-likeness (QED) is 0.492. The minimum atomic E-state index is -1.14. The van der Waals surface area contributed by atoms with Crippen molar-refractivity contribution in [1.29, 1.82) is 0 Å². The number of benzene rings is 1. The van der Waals surface area contributed by atoms with Crippen LogP contribution in [-0.4, -0.2) is 46.9 Å². The van der Waals surface area contributed by atoms with Crippen LogP contribution in [0.1, 0.15) is 38.7 Å². The van der Waals surface area contributed by atoms with E-state index in [2.05, 4.69) is 16.0 Å². The third-order valence-corrected chi connectivity index (χ3v) is 4.55. The fourth-order valence-corrected chi connectivity index (χ4v) is 3.11. The number of aliphatic carboxylic acids is 1. The van der Waals surface area contributed by atoms with Crippen molar-refractivity contribution in [2.75, 3.05) is 0 Å². The molecule has 4 N–H and O–H groups in total. The zero-order chi connectivity index (χ0) is 20.7. The molecule has 1 aromatic rings. The number of carboxylic acid groups (broad SMARTS) is 1. The molecule has 1 fully saturated rings. The molecule has 1 aliphatic rings. The number of hydrogen-bond acceptors (Lipinski definition) is 4. The molecular weight excluding hydrogens is 362 g/mol. The van der Waals surface area contributed by atoms with Gasteiger partial charge >= 0.3 is 5.97 Å². The highest BCUT2D eigenvalue weighted by Gasteiger charge is 2.32. The van der Waals surface area contributed by atoms with Crippen LogP contribution in [0.4, 0.5) is 0 Å². The predicted molar refractivity (Wildman–Crippen MR) is 102 cm³/mol. The summed E-state index contributed by atoms with van der Waals surface area (Å²) in [6.07, 6.45) is 1.16. The van der Waals surface area contributed by atoms with Gasteiger partial charge in [0.15, 0.2) is 0 Å². The molecule has 1 aliphatic heterocycles. The molecule has 0 aromatic heterocycles. The van der Waals surface area contributed by atoms with E-state index in [9.17, 15) is 24.3 Å². The fraction of sp³-hybridized carbons (Fsp3) is 0.500. The molecule has 2 rings (SSSR count). The SMILES string of the molecule is CC(C)CC(NC(=O)C1CCC(=O)N1)C(=O)NC(Cc1ccccc1)C(=O)O. The Balaban J connectivity index is 2.04. The second-order valence-electron chi connectivity index (χ2n) is 7.44. The Kier molecular flexibility index (Phi) is 7.54. The van der Waals surface area contributed by atoms with E-state index in [0.717, 1.165) is 5.56 Å². The summed E-state index contributed by atoms with van der Waals surface area (Å²) >= 11 is 0. The molecule has 28 heavy (non-hydrogen) atoms. The number of hydrogen-bond donors (Lipinski definition) is 4. The first-order valence-corrected chi connectivity index (χ1v) is 9.43. The van der Waals surface area contributed by atoms with Gasteiger partial charge in [-0.15, -0.1) is 0 Å². The van der Waals surface area contributed by atoms with Gasteiger partial charge in [0.05, 0.1) is 0 Å². The first-order valence-electron chi connectivity index (χ1n) is 9.43. The lowest BCUT2D eigenvalue weighted by molar-refractivity contribution is -0.142. The lowest BCUT2D eigenvalue weighted by Crippen LogP contribution is -2.55. The summed E-state index contributed by atoms with van der Waals surface area (Å²) in [5, 5.41) is 17.2. The summed E-state index contributed by atoms with van der Waals surface area (Å²) in [5.41, 5.74) is 0.785.